The molecule has 1 heterocycles. The van der Waals surface area contributed by atoms with Gasteiger partial charge >= 0.3 is 0 Å². The van der Waals surface area contributed by atoms with Crippen LogP contribution in [0.15, 0.2) is 0 Å². The molecule has 0 fully saturated rings. The average molecular weight is 188 g/mol. The molecule has 68 valence electrons. The fourth-order valence-corrected chi connectivity index (χ4v) is 1.02. The van der Waals surface area contributed by atoms with E-state index >= 15 is 0 Å². The second-order valence-electron chi connectivity index (χ2n) is 2.84. The van der Waals surface area contributed by atoms with Crippen molar-refractivity contribution in [2.75, 3.05) is 20.6 Å². The van der Waals surface area contributed by atoms with Gasteiger partial charge in [0.15, 0.2) is 10.6 Å². The normalized spacial score (nSPS) is 13.7. The molecule has 1 atom stereocenters. The molecule has 0 aliphatic carbocycles. The Balaban J connectivity index is 2.65. The van der Waals surface area contributed by atoms with E-state index in [0.29, 0.717) is 17.1 Å². The summed E-state index contributed by atoms with van der Waals surface area (Å²) in [7, 11) is 3.76. The highest BCUT2D eigenvalue weighted by atomic mass is 32.1. The molecule has 1 aromatic rings. The van der Waals surface area contributed by atoms with Gasteiger partial charge in [0.25, 0.3) is 0 Å². The Kier molecular flexibility index (Phi) is 2.96. The quantitative estimate of drug-likeness (QED) is 0.587. The molecule has 0 bridgehead atoms. The van der Waals surface area contributed by atoms with E-state index in [9.17, 15) is 5.11 Å². The minimum atomic E-state index is -0.618. The first-order valence-corrected chi connectivity index (χ1v) is 3.98. The predicted octanol–water partition coefficient (Wildman–Crippen LogP) is 0.0623. The van der Waals surface area contributed by atoms with Crippen LogP contribution in [0, 0.1) is 4.77 Å². The van der Waals surface area contributed by atoms with Crippen LogP contribution in [0.25, 0.3) is 0 Å². The third kappa shape index (κ3) is 2.40. The summed E-state index contributed by atoms with van der Waals surface area (Å²) in [6.07, 6.45) is -0.618. The van der Waals surface area contributed by atoms with Gasteiger partial charge in [-0.25, -0.2) is 0 Å². The largest absolute Gasteiger partial charge is 0.384 e. The second kappa shape index (κ2) is 3.79. The standard InChI is InChI=1S/C6H12N4OS/c1-10(2)3-4(11)5-7-6(12)9-8-5/h4,11H,3H2,1-2H3,(H2,7,8,9,12). The van der Waals surface area contributed by atoms with Crippen LogP contribution < -0.4 is 0 Å². The monoisotopic (exact) mass is 188 g/mol. The van der Waals surface area contributed by atoms with Crippen LogP contribution in [0.4, 0.5) is 0 Å². The molecule has 1 unspecified atom stereocenters. The number of likely N-dealkylation sites (N-methyl/N-ethyl adjacent to an activating group) is 1. The Morgan fingerprint density at radius 3 is 2.75 bits per heavy atom. The van der Waals surface area contributed by atoms with Crippen molar-refractivity contribution in [2.24, 2.45) is 0 Å². The first kappa shape index (κ1) is 9.37. The number of rotatable bonds is 3. The molecular formula is C6H12N4OS. The van der Waals surface area contributed by atoms with Crippen LogP contribution in [0.5, 0.6) is 0 Å². The third-order valence-electron chi connectivity index (χ3n) is 1.37. The molecule has 5 nitrogen and oxygen atoms in total. The van der Waals surface area contributed by atoms with Crippen molar-refractivity contribution >= 4 is 12.2 Å². The average Bonchev–Trinajstić information content (AvgIpc) is 2.34. The van der Waals surface area contributed by atoms with Gasteiger partial charge < -0.3 is 15.0 Å². The SMILES string of the molecule is CN(C)CC(O)c1n[nH]c(=S)[nH]1. The summed E-state index contributed by atoms with van der Waals surface area (Å²) in [6.45, 7) is 0.524. The Labute approximate surface area is 75.4 Å². The lowest BCUT2D eigenvalue weighted by Crippen LogP contribution is -2.20. The molecule has 6 heteroatoms. The van der Waals surface area contributed by atoms with Crippen molar-refractivity contribution in [3.05, 3.63) is 10.6 Å². The molecule has 0 radical (unpaired) electrons. The molecule has 0 spiro atoms. The summed E-state index contributed by atoms with van der Waals surface area (Å²) in [4.78, 5) is 4.62. The van der Waals surface area contributed by atoms with Gasteiger partial charge in [0.05, 0.1) is 0 Å². The van der Waals surface area contributed by atoms with Crippen molar-refractivity contribution in [1.82, 2.24) is 20.1 Å². The minimum Gasteiger partial charge on any atom is -0.384 e. The molecule has 0 aliphatic heterocycles. The van der Waals surface area contributed by atoms with E-state index < -0.39 is 6.10 Å². The number of hydrogen-bond donors (Lipinski definition) is 3. The number of aromatic amines is 2. The van der Waals surface area contributed by atoms with Gasteiger partial charge in [-0.15, -0.1) is 0 Å². The molecular weight excluding hydrogens is 176 g/mol. The van der Waals surface area contributed by atoms with Gasteiger partial charge in [-0.05, 0) is 26.3 Å². The number of H-pyrrole nitrogens is 2. The van der Waals surface area contributed by atoms with Crippen LogP contribution in [-0.4, -0.2) is 45.8 Å². The molecule has 12 heavy (non-hydrogen) atoms. The zero-order valence-corrected chi connectivity index (χ0v) is 7.85. The smallest absolute Gasteiger partial charge is 0.192 e. The van der Waals surface area contributed by atoms with Crippen molar-refractivity contribution in [2.45, 2.75) is 6.10 Å². The maximum atomic E-state index is 9.50. The molecule has 0 aliphatic rings. The van der Waals surface area contributed by atoms with Crippen LogP contribution in [0.1, 0.15) is 11.9 Å². The zero-order chi connectivity index (χ0) is 9.14. The van der Waals surface area contributed by atoms with Gasteiger partial charge in [-0.3, -0.25) is 5.10 Å². The van der Waals surface area contributed by atoms with E-state index in [2.05, 4.69) is 15.2 Å². The summed E-state index contributed by atoms with van der Waals surface area (Å²) in [5.41, 5.74) is 0. The molecule has 1 aromatic heterocycles. The number of aromatic nitrogens is 3. The molecule has 3 N–H and O–H groups in total. The maximum absolute atomic E-state index is 9.50. The zero-order valence-electron chi connectivity index (χ0n) is 7.03. The summed E-state index contributed by atoms with van der Waals surface area (Å²) >= 11 is 4.77. The van der Waals surface area contributed by atoms with E-state index in [0.717, 1.165) is 0 Å². The van der Waals surface area contributed by atoms with Crippen molar-refractivity contribution in [3.8, 4) is 0 Å². The number of nitrogens with one attached hydrogen (secondary N) is 2. The predicted molar refractivity (Wildman–Crippen MR) is 47.3 cm³/mol. The van der Waals surface area contributed by atoms with E-state index in [4.69, 9.17) is 12.2 Å². The number of nitrogens with zero attached hydrogens (tertiary/aromatic N) is 2. The lowest BCUT2D eigenvalue weighted by atomic mass is 10.3. The molecule has 0 amide bonds. The Morgan fingerprint density at radius 2 is 2.33 bits per heavy atom. The first-order valence-electron chi connectivity index (χ1n) is 3.57. The molecule has 0 saturated carbocycles. The number of aliphatic hydroxyl groups is 1. The van der Waals surface area contributed by atoms with E-state index in [1.807, 2.05) is 19.0 Å². The number of aliphatic hydroxyl groups excluding tert-OH is 1. The van der Waals surface area contributed by atoms with E-state index in [-0.39, 0.29) is 0 Å². The maximum Gasteiger partial charge on any atom is 0.192 e. The molecule has 0 saturated heterocycles. The van der Waals surface area contributed by atoms with Gasteiger partial charge in [0.2, 0.25) is 0 Å². The highest BCUT2D eigenvalue weighted by Crippen LogP contribution is 2.05. The molecule has 1 rings (SSSR count). The number of hydrogen-bond acceptors (Lipinski definition) is 4. The summed E-state index contributed by atoms with van der Waals surface area (Å²) in [6, 6.07) is 0. The third-order valence-corrected chi connectivity index (χ3v) is 1.57. The van der Waals surface area contributed by atoms with Gasteiger partial charge in [0.1, 0.15) is 6.10 Å². The topological polar surface area (TPSA) is 67.9 Å². The first-order chi connectivity index (χ1) is 5.59. The van der Waals surface area contributed by atoms with Crippen LogP contribution in [0.3, 0.4) is 0 Å². The van der Waals surface area contributed by atoms with Crippen LogP contribution >= 0.6 is 12.2 Å². The van der Waals surface area contributed by atoms with E-state index in [1.165, 1.54) is 0 Å². The molecule has 0 aromatic carbocycles. The van der Waals surface area contributed by atoms with Gasteiger partial charge in [-0.1, -0.05) is 0 Å². The van der Waals surface area contributed by atoms with Crippen molar-refractivity contribution < 1.29 is 5.11 Å². The summed E-state index contributed by atoms with van der Waals surface area (Å²) in [5, 5.41) is 15.9. The fourth-order valence-electron chi connectivity index (χ4n) is 0.873. The summed E-state index contributed by atoms with van der Waals surface area (Å²) < 4.78 is 0.433. The lowest BCUT2D eigenvalue weighted by Gasteiger charge is -2.12. The second-order valence-corrected chi connectivity index (χ2v) is 3.25. The van der Waals surface area contributed by atoms with Crippen molar-refractivity contribution in [1.29, 1.82) is 0 Å². The van der Waals surface area contributed by atoms with Gasteiger partial charge in [0, 0.05) is 6.54 Å². The van der Waals surface area contributed by atoms with Crippen molar-refractivity contribution in [3.63, 3.8) is 0 Å². The lowest BCUT2D eigenvalue weighted by molar-refractivity contribution is 0.130. The Bertz CT molecular complexity index is 292. The van der Waals surface area contributed by atoms with Crippen LogP contribution in [0.2, 0.25) is 0 Å². The van der Waals surface area contributed by atoms with Gasteiger partial charge in [-0.2, -0.15) is 5.10 Å². The van der Waals surface area contributed by atoms with E-state index in [1.54, 1.807) is 0 Å². The fraction of sp³-hybridized carbons (Fsp3) is 0.667. The minimum absolute atomic E-state index is 0.433. The summed E-state index contributed by atoms with van der Waals surface area (Å²) in [5.74, 6) is 0.480. The Hall–Kier alpha value is -0.720. The highest BCUT2D eigenvalue weighted by molar-refractivity contribution is 7.71. The highest BCUT2D eigenvalue weighted by Gasteiger charge is 2.10. The van der Waals surface area contributed by atoms with Crippen LogP contribution in [-0.2, 0) is 0 Å². The Morgan fingerprint density at radius 1 is 1.67 bits per heavy atom.